The number of carbonyl (C=O) groups is 1. The van der Waals surface area contributed by atoms with E-state index in [2.05, 4.69) is 29.2 Å². The summed E-state index contributed by atoms with van der Waals surface area (Å²) in [6.07, 6.45) is 6.37. The second-order valence-electron chi connectivity index (χ2n) is 8.72. The van der Waals surface area contributed by atoms with Gasteiger partial charge in [-0.05, 0) is 43.0 Å². The predicted octanol–water partition coefficient (Wildman–Crippen LogP) is 3.71. The molecule has 0 aromatic heterocycles. The molecule has 33 heavy (non-hydrogen) atoms. The average molecular weight is 470 g/mol. The molecule has 0 radical (unpaired) electrons. The minimum absolute atomic E-state index is 0.101. The van der Waals surface area contributed by atoms with Gasteiger partial charge in [-0.15, -0.1) is 0 Å². The molecule has 3 rings (SSSR count). The highest BCUT2D eigenvalue weighted by Gasteiger charge is 2.22. The Morgan fingerprint density at radius 2 is 1.73 bits per heavy atom. The Kier molecular flexibility index (Phi) is 8.69. The van der Waals surface area contributed by atoms with Crippen LogP contribution in [-0.4, -0.2) is 69.6 Å². The van der Waals surface area contributed by atoms with Crippen LogP contribution in [0.3, 0.4) is 0 Å². The Balaban J connectivity index is 1.46. The lowest BCUT2D eigenvalue weighted by molar-refractivity contribution is -0.132. The number of anilines is 1. The lowest BCUT2D eigenvalue weighted by Gasteiger charge is -2.34. The fourth-order valence-electron chi connectivity index (χ4n) is 4.07. The van der Waals surface area contributed by atoms with E-state index in [9.17, 15) is 13.2 Å². The van der Waals surface area contributed by atoms with Crippen LogP contribution in [0.2, 0.25) is 0 Å². The van der Waals surface area contributed by atoms with E-state index in [1.165, 1.54) is 16.1 Å². The maximum Gasteiger partial charge on any atom is 0.232 e. The first kappa shape index (κ1) is 25.0. The van der Waals surface area contributed by atoms with Crippen molar-refractivity contribution in [3.63, 3.8) is 0 Å². The summed E-state index contributed by atoms with van der Waals surface area (Å²) in [4.78, 5) is 17.0. The molecular formula is C26H35N3O3S. The van der Waals surface area contributed by atoms with Crippen molar-refractivity contribution in [1.29, 1.82) is 0 Å². The molecule has 0 bridgehead atoms. The number of rotatable bonds is 9. The number of hydrogen-bond donors (Lipinski definition) is 0. The highest BCUT2D eigenvalue weighted by molar-refractivity contribution is 7.92. The fourth-order valence-corrected chi connectivity index (χ4v) is 5.08. The third-order valence-electron chi connectivity index (χ3n) is 5.98. The lowest BCUT2D eigenvalue weighted by atomic mass is 10.1. The van der Waals surface area contributed by atoms with Gasteiger partial charge in [0, 0.05) is 45.7 Å². The topological polar surface area (TPSA) is 60.9 Å². The zero-order valence-corrected chi connectivity index (χ0v) is 20.7. The van der Waals surface area contributed by atoms with Gasteiger partial charge in [-0.1, -0.05) is 54.6 Å². The van der Waals surface area contributed by atoms with Gasteiger partial charge in [0.25, 0.3) is 0 Å². The zero-order chi connectivity index (χ0) is 23.8. The molecule has 2 aromatic rings. The molecule has 0 spiro atoms. The quantitative estimate of drug-likeness (QED) is 0.562. The summed E-state index contributed by atoms with van der Waals surface area (Å²) >= 11 is 0. The van der Waals surface area contributed by atoms with Crippen molar-refractivity contribution in [1.82, 2.24) is 9.80 Å². The molecule has 1 aliphatic heterocycles. The van der Waals surface area contributed by atoms with Crippen molar-refractivity contribution in [3.8, 4) is 0 Å². The number of benzene rings is 2. The number of hydrogen-bond acceptors (Lipinski definition) is 4. The Bertz CT molecular complexity index is 1060. The van der Waals surface area contributed by atoms with Gasteiger partial charge in [0.05, 0.1) is 11.9 Å². The van der Waals surface area contributed by atoms with Gasteiger partial charge in [0.2, 0.25) is 15.9 Å². The van der Waals surface area contributed by atoms with Gasteiger partial charge >= 0.3 is 0 Å². The van der Waals surface area contributed by atoms with E-state index < -0.39 is 10.0 Å². The molecule has 1 aliphatic rings. The van der Waals surface area contributed by atoms with Gasteiger partial charge in [-0.25, -0.2) is 8.42 Å². The van der Waals surface area contributed by atoms with Crippen molar-refractivity contribution in [2.75, 3.05) is 49.8 Å². The monoisotopic (exact) mass is 469 g/mol. The van der Waals surface area contributed by atoms with E-state index >= 15 is 0 Å². The van der Waals surface area contributed by atoms with Crippen molar-refractivity contribution in [3.05, 3.63) is 71.3 Å². The maximum absolute atomic E-state index is 12.7. The van der Waals surface area contributed by atoms with Gasteiger partial charge in [0.15, 0.2) is 0 Å². The standard InChI is InChI=1S/C26H35N3O3S/c1-22-13-14-23(2)25(21-22)29(33(3,31)32)16-8-12-26(30)28-19-17-27(18-20-28)15-7-11-24-9-5-4-6-10-24/h4-7,9-11,13-14,21H,8,12,15-20H2,1-3H3/b11-7+. The van der Waals surface area contributed by atoms with Crippen LogP contribution in [0.25, 0.3) is 6.08 Å². The Morgan fingerprint density at radius 3 is 2.39 bits per heavy atom. The highest BCUT2D eigenvalue weighted by Crippen LogP contribution is 2.24. The van der Waals surface area contributed by atoms with Crippen LogP contribution in [0.1, 0.15) is 29.5 Å². The predicted molar refractivity (Wildman–Crippen MR) is 136 cm³/mol. The van der Waals surface area contributed by atoms with Gasteiger partial charge < -0.3 is 4.90 Å². The van der Waals surface area contributed by atoms with E-state index in [0.717, 1.165) is 30.8 Å². The second-order valence-corrected chi connectivity index (χ2v) is 10.6. The highest BCUT2D eigenvalue weighted by atomic mass is 32.2. The van der Waals surface area contributed by atoms with E-state index in [1.807, 2.05) is 55.1 Å². The molecular weight excluding hydrogens is 434 g/mol. The lowest BCUT2D eigenvalue weighted by Crippen LogP contribution is -2.48. The minimum atomic E-state index is -3.42. The minimum Gasteiger partial charge on any atom is -0.340 e. The summed E-state index contributed by atoms with van der Waals surface area (Å²) in [7, 11) is -3.42. The summed E-state index contributed by atoms with van der Waals surface area (Å²) in [6.45, 7) is 8.16. The molecule has 0 aliphatic carbocycles. The third-order valence-corrected chi connectivity index (χ3v) is 7.16. The molecule has 0 atom stereocenters. The van der Waals surface area contributed by atoms with Crippen molar-refractivity contribution in [2.24, 2.45) is 0 Å². The average Bonchev–Trinajstić information content (AvgIpc) is 2.79. The number of piperazine rings is 1. The molecule has 1 amide bonds. The number of carbonyl (C=O) groups excluding carboxylic acids is 1. The fraction of sp³-hybridized carbons (Fsp3) is 0.423. The maximum atomic E-state index is 12.7. The molecule has 1 saturated heterocycles. The molecule has 1 fully saturated rings. The van der Waals surface area contributed by atoms with E-state index in [0.29, 0.717) is 38.2 Å². The third kappa shape index (κ3) is 7.44. The largest absolute Gasteiger partial charge is 0.340 e. The molecule has 6 nitrogen and oxygen atoms in total. The first-order chi connectivity index (χ1) is 15.7. The number of aryl methyl sites for hydroxylation is 2. The van der Waals surface area contributed by atoms with E-state index in [4.69, 9.17) is 0 Å². The number of sulfonamides is 1. The normalized spacial score (nSPS) is 15.2. The van der Waals surface area contributed by atoms with Crippen LogP contribution in [0.5, 0.6) is 0 Å². The SMILES string of the molecule is Cc1ccc(C)c(N(CCCC(=O)N2CCN(C/C=C/c3ccccc3)CC2)S(C)(=O)=O)c1. The molecule has 0 saturated carbocycles. The first-order valence-electron chi connectivity index (χ1n) is 11.5. The molecule has 0 unspecified atom stereocenters. The second kappa shape index (κ2) is 11.5. The Morgan fingerprint density at radius 1 is 1.03 bits per heavy atom. The summed E-state index contributed by atoms with van der Waals surface area (Å²) < 4.78 is 26.2. The van der Waals surface area contributed by atoms with Crippen LogP contribution in [0.15, 0.2) is 54.6 Å². The molecule has 0 N–H and O–H groups in total. The van der Waals surface area contributed by atoms with E-state index in [-0.39, 0.29) is 5.91 Å². The van der Waals surface area contributed by atoms with Crippen LogP contribution in [0, 0.1) is 13.8 Å². The molecule has 2 aromatic carbocycles. The number of nitrogens with zero attached hydrogens (tertiary/aromatic N) is 3. The smallest absolute Gasteiger partial charge is 0.232 e. The molecule has 7 heteroatoms. The summed E-state index contributed by atoms with van der Waals surface area (Å²) in [6, 6.07) is 16.0. The molecule has 1 heterocycles. The van der Waals surface area contributed by atoms with Crippen molar-refractivity contribution in [2.45, 2.75) is 26.7 Å². The number of amides is 1. The Labute approximate surface area is 198 Å². The van der Waals surface area contributed by atoms with E-state index in [1.54, 1.807) is 0 Å². The summed E-state index contributed by atoms with van der Waals surface area (Å²) in [5.41, 5.74) is 3.81. The van der Waals surface area contributed by atoms with Crippen LogP contribution >= 0.6 is 0 Å². The van der Waals surface area contributed by atoms with Crippen molar-refractivity contribution < 1.29 is 13.2 Å². The summed E-state index contributed by atoms with van der Waals surface area (Å²) in [5.74, 6) is 0.101. The van der Waals surface area contributed by atoms with Crippen molar-refractivity contribution >= 4 is 27.7 Å². The van der Waals surface area contributed by atoms with Gasteiger partial charge in [-0.3, -0.25) is 14.0 Å². The summed E-state index contributed by atoms with van der Waals surface area (Å²) in [5, 5.41) is 0. The van der Waals surface area contributed by atoms with Gasteiger partial charge in [0.1, 0.15) is 0 Å². The first-order valence-corrected chi connectivity index (χ1v) is 13.4. The zero-order valence-electron chi connectivity index (χ0n) is 19.9. The van der Waals surface area contributed by atoms with Crippen LogP contribution in [0.4, 0.5) is 5.69 Å². The van der Waals surface area contributed by atoms with Crippen LogP contribution in [-0.2, 0) is 14.8 Å². The van der Waals surface area contributed by atoms with Gasteiger partial charge in [-0.2, -0.15) is 0 Å². The Hall–Kier alpha value is -2.64. The van der Waals surface area contributed by atoms with Crippen LogP contribution < -0.4 is 4.31 Å². The molecule has 178 valence electrons.